The van der Waals surface area contributed by atoms with Crippen molar-refractivity contribution in [2.24, 2.45) is 0 Å². The highest BCUT2D eigenvalue weighted by Crippen LogP contribution is 2.14. The molecule has 1 fully saturated rings. The van der Waals surface area contributed by atoms with Crippen molar-refractivity contribution in [3.05, 3.63) is 51.4 Å². The van der Waals surface area contributed by atoms with Crippen molar-refractivity contribution in [1.82, 2.24) is 20.1 Å². The van der Waals surface area contributed by atoms with Gasteiger partial charge in [-0.2, -0.15) is 0 Å². The van der Waals surface area contributed by atoms with E-state index in [9.17, 15) is 4.79 Å². The number of thioether (sulfide) groups is 1. The van der Waals surface area contributed by atoms with E-state index in [2.05, 4.69) is 20.1 Å². The molecule has 0 bridgehead atoms. The molecule has 24 heavy (non-hydrogen) atoms. The van der Waals surface area contributed by atoms with Gasteiger partial charge in [0, 0.05) is 18.7 Å². The fraction of sp³-hybridized carbons (Fsp3) is 0.500. The van der Waals surface area contributed by atoms with Gasteiger partial charge in [-0.3, -0.25) is 9.78 Å². The third-order valence-corrected chi connectivity index (χ3v) is 5.30. The summed E-state index contributed by atoms with van der Waals surface area (Å²) < 4.78 is 0. The minimum Gasteiger partial charge on any atom is -0.303 e. The van der Waals surface area contributed by atoms with Crippen molar-refractivity contribution >= 4 is 11.8 Å². The van der Waals surface area contributed by atoms with Gasteiger partial charge in [-0.05, 0) is 44.0 Å². The van der Waals surface area contributed by atoms with Gasteiger partial charge < -0.3 is 4.90 Å². The number of nitrogens with one attached hydrogen (secondary N) is 1. The van der Waals surface area contributed by atoms with Gasteiger partial charge >= 0.3 is 0 Å². The summed E-state index contributed by atoms with van der Waals surface area (Å²) in [5.41, 5.74) is 2.62. The van der Waals surface area contributed by atoms with E-state index in [1.807, 2.05) is 31.2 Å². The Kier molecular flexibility index (Phi) is 6.04. The van der Waals surface area contributed by atoms with Gasteiger partial charge in [-0.1, -0.05) is 42.4 Å². The molecule has 3 rings (SSSR count). The third-order valence-electron chi connectivity index (χ3n) is 4.46. The molecule has 0 atom stereocenters. The van der Waals surface area contributed by atoms with Gasteiger partial charge in [0.05, 0.1) is 0 Å². The van der Waals surface area contributed by atoms with Gasteiger partial charge in [-0.25, -0.2) is 0 Å². The molecule has 5 nitrogen and oxygen atoms in total. The molecule has 0 saturated carbocycles. The number of aromatic amines is 1. The summed E-state index contributed by atoms with van der Waals surface area (Å²) in [5.74, 6) is 0.932. The molecule has 0 radical (unpaired) electrons. The van der Waals surface area contributed by atoms with Gasteiger partial charge in [0.25, 0.3) is 5.56 Å². The van der Waals surface area contributed by atoms with Crippen LogP contribution in [-0.2, 0) is 6.42 Å². The average Bonchev–Trinajstić information content (AvgIpc) is 2.60. The molecule has 0 unspecified atom stereocenters. The Bertz CT molecular complexity index is 725. The van der Waals surface area contributed by atoms with Crippen LogP contribution in [0, 0.1) is 6.92 Å². The lowest BCUT2D eigenvalue weighted by Crippen LogP contribution is -2.31. The zero-order valence-corrected chi connectivity index (χ0v) is 14.9. The van der Waals surface area contributed by atoms with Gasteiger partial charge in [0.1, 0.15) is 5.69 Å². The second kappa shape index (κ2) is 8.44. The topological polar surface area (TPSA) is 61.9 Å². The number of aryl methyl sites for hydroxylation is 1. The number of hydrogen-bond donors (Lipinski definition) is 1. The normalized spacial score (nSPS) is 15.5. The van der Waals surface area contributed by atoms with Crippen LogP contribution < -0.4 is 5.56 Å². The van der Waals surface area contributed by atoms with Crippen molar-refractivity contribution in [3.8, 4) is 0 Å². The van der Waals surface area contributed by atoms with Crippen LogP contribution in [0.5, 0.6) is 0 Å². The number of hydrogen-bond acceptors (Lipinski definition) is 5. The van der Waals surface area contributed by atoms with E-state index in [0.717, 1.165) is 17.9 Å². The number of likely N-dealkylation sites (tertiary alicyclic amines) is 1. The minimum atomic E-state index is -0.131. The van der Waals surface area contributed by atoms with Crippen molar-refractivity contribution < 1.29 is 0 Å². The SMILES string of the molecule is Cc1ccccc1Cc1nnc(SCCN2CCCCC2)[nH]c1=O. The summed E-state index contributed by atoms with van der Waals surface area (Å²) in [5, 5.41) is 8.95. The molecular formula is C18H24N4OS. The number of benzene rings is 1. The number of piperidine rings is 1. The standard InChI is InChI=1S/C18H24N4OS/c1-14-7-3-4-8-15(14)13-16-17(23)19-18(21-20-16)24-12-11-22-9-5-2-6-10-22/h3-4,7-8H,2,5-6,9-13H2,1H3,(H,19,21,23). The second-order valence-corrected chi connectivity index (χ2v) is 7.34. The van der Waals surface area contributed by atoms with Crippen LogP contribution in [0.25, 0.3) is 0 Å². The summed E-state index contributed by atoms with van der Waals surface area (Å²) in [6.07, 6.45) is 4.47. The van der Waals surface area contributed by atoms with Crippen LogP contribution in [0.4, 0.5) is 0 Å². The van der Waals surface area contributed by atoms with Crippen LogP contribution >= 0.6 is 11.8 Å². The molecule has 0 spiro atoms. The number of nitrogens with zero attached hydrogens (tertiary/aromatic N) is 3. The van der Waals surface area contributed by atoms with Gasteiger partial charge in [0.2, 0.25) is 0 Å². The highest BCUT2D eigenvalue weighted by molar-refractivity contribution is 7.99. The van der Waals surface area contributed by atoms with Gasteiger partial charge in [0.15, 0.2) is 5.16 Å². The largest absolute Gasteiger partial charge is 0.303 e. The Morgan fingerprint density at radius 2 is 1.96 bits per heavy atom. The maximum atomic E-state index is 12.2. The summed E-state index contributed by atoms with van der Waals surface area (Å²) in [6, 6.07) is 8.05. The Labute approximate surface area is 146 Å². The van der Waals surface area contributed by atoms with E-state index in [0.29, 0.717) is 17.3 Å². The molecule has 2 heterocycles. The molecule has 0 amide bonds. The predicted molar refractivity (Wildman–Crippen MR) is 97.7 cm³/mol. The molecule has 1 aliphatic rings. The molecule has 1 N–H and O–H groups in total. The van der Waals surface area contributed by atoms with Gasteiger partial charge in [-0.15, -0.1) is 10.2 Å². The van der Waals surface area contributed by atoms with Crippen molar-refractivity contribution in [3.63, 3.8) is 0 Å². The number of aromatic nitrogens is 3. The third kappa shape index (κ3) is 4.68. The molecule has 0 aliphatic carbocycles. The zero-order valence-electron chi connectivity index (χ0n) is 14.1. The molecule has 1 saturated heterocycles. The monoisotopic (exact) mass is 344 g/mol. The van der Waals surface area contributed by atoms with E-state index in [1.165, 1.54) is 37.9 Å². The summed E-state index contributed by atoms with van der Waals surface area (Å²) in [4.78, 5) is 17.6. The van der Waals surface area contributed by atoms with E-state index < -0.39 is 0 Å². The highest BCUT2D eigenvalue weighted by atomic mass is 32.2. The molecule has 1 aromatic carbocycles. The van der Waals surface area contributed by atoms with Crippen LogP contribution in [0.15, 0.2) is 34.2 Å². The van der Waals surface area contributed by atoms with Crippen LogP contribution in [0.1, 0.15) is 36.1 Å². The van der Waals surface area contributed by atoms with E-state index in [4.69, 9.17) is 0 Å². The smallest absolute Gasteiger partial charge is 0.273 e. The molecular weight excluding hydrogens is 320 g/mol. The van der Waals surface area contributed by atoms with Crippen LogP contribution in [-0.4, -0.2) is 45.5 Å². The molecule has 128 valence electrons. The molecule has 2 aromatic rings. The Balaban J connectivity index is 1.56. The van der Waals surface area contributed by atoms with Crippen LogP contribution in [0.3, 0.4) is 0 Å². The average molecular weight is 344 g/mol. The lowest BCUT2D eigenvalue weighted by Gasteiger charge is -2.25. The molecule has 1 aromatic heterocycles. The fourth-order valence-corrected chi connectivity index (χ4v) is 3.78. The lowest BCUT2D eigenvalue weighted by atomic mass is 10.0. The summed E-state index contributed by atoms with van der Waals surface area (Å²) in [7, 11) is 0. The highest BCUT2D eigenvalue weighted by Gasteiger charge is 2.11. The fourth-order valence-electron chi connectivity index (χ4n) is 2.97. The van der Waals surface area contributed by atoms with Crippen molar-refractivity contribution in [2.45, 2.75) is 37.8 Å². The van der Waals surface area contributed by atoms with Crippen molar-refractivity contribution in [1.29, 1.82) is 0 Å². The number of rotatable bonds is 6. The zero-order chi connectivity index (χ0) is 16.8. The van der Waals surface area contributed by atoms with Crippen molar-refractivity contribution in [2.75, 3.05) is 25.4 Å². The second-order valence-electron chi connectivity index (χ2n) is 6.26. The minimum absolute atomic E-state index is 0.131. The first-order valence-electron chi connectivity index (χ1n) is 8.58. The maximum absolute atomic E-state index is 12.2. The lowest BCUT2D eigenvalue weighted by molar-refractivity contribution is 0.242. The first-order chi connectivity index (χ1) is 11.7. The summed E-state index contributed by atoms with van der Waals surface area (Å²) >= 11 is 1.58. The van der Waals surface area contributed by atoms with E-state index in [-0.39, 0.29) is 5.56 Å². The van der Waals surface area contributed by atoms with Crippen LogP contribution in [0.2, 0.25) is 0 Å². The number of H-pyrrole nitrogens is 1. The Morgan fingerprint density at radius 1 is 1.17 bits per heavy atom. The first kappa shape index (κ1) is 17.2. The Morgan fingerprint density at radius 3 is 2.71 bits per heavy atom. The first-order valence-corrected chi connectivity index (χ1v) is 9.56. The Hall–Kier alpha value is -1.66. The molecule has 6 heteroatoms. The van der Waals surface area contributed by atoms with E-state index in [1.54, 1.807) is 11.8 Å². The predicted octanol–water partition coefficient (Wildman–Crippen LogP) is 2.64. The quantitative estimate of drug-likeness (QED) is 0.816. The summed E-state index contributed by atoms with van der Waals surface area (Å²) in [6.45, 7) is 5.47. The molecule has 1 aliphatic heterocycles. The maximum Gasteiger partial charge on any atom is 0.273 e. The van der Waals surface area contributed by atoms with E-state index >= 15 is 0 Å².